The van der Waals surface area contributed by atoms with Crippen LogP contribution in [0, 0.1) is 6.92 Å². The van der Waals surface area contributed by atoms with Crippen molar-refractivity contribution >= 4 is 23.1 Å². The fourth-order valence-electron chi connectivity index (χ4n) is 0.901. The molecule has 4 heteroatoms. The molecule has 0 fully saturated rings. The van der Waals surface area contributed by atoms with Gasteiger partial charge in [0.2, 0.25) is 0 Å². The molecule has 0 bridgehead atoms. The van der Waals surface area contributed by atoms with E-state index in [2.05, 4.69) is 11.9 Å². The van der Waals surface area contributed by atoms with Crippen molar-refractivity contribution in [2.24, 2.45) is 5.73 Å². The van der Waals surface area contributed by atoms with Gasteiger partial charge in [0.25, 0.3) is 0 Å². The van der Waals surface area contributed by atoms with E-state index in [-0.39, 0.29) is 0 Å². The minimum absolute atomic E-state index is 0.346. The van der Waals surface area contributed by atoms with Gasteiger partial charge in [0, 0.05) is 28.6 Å². The molecule has 1 heterocycles. The van der Waals surface area contributed by atoms with Crippen LogP contribution in [0.4, 0.5) is 0 Å². The summed E-state index contributed by atoms with van der Waals surface area (Å²) in [6, 6.07) is 0.346. The molecule has 2 nitrogen and oxygen atoms in total. The van der Waals surface area contributed by atoms with E-state index in [0.29, 0.717) is 6.04 Å². The highest BCUT2D eigenvalue weighted by atomic mass is 32.2. The summed E-state index contributed by atoms with van der Waals surface area (Å²) in [5.41, 5.74) is 5.81. The van der Waals surface area contributed by atoms with Crippen LogP contribution in [0.25, 0.3) is 0 Å². The van der Waals surface area contributed by atoms with Crippen LogP contribution in [-0.4, -0.2) is 16.8 Å². The van der Waals surface area contributed by atoms with Crippen molar-refractivity contribution in [2.45, 2.75) is 32.1 Å². The summed E-state index contributed by atoms with van der Waals surface area (Å²) in [5, 5.41) is 1.15. The first-order chi connectivity index (χ1) is 6.22. The Bertz CT molecular complexity index is 248. The molecular weight excluding hydrogens is 200 g/mol. The van der Waals surface area contributed by atoms with Gasteiger partial charge in [-0.1, -0.05) is 6.92 Å². The first kappa shape index (κ1) is 11.0. The largest absolute Gasteiger partial charge is 0.327 e. The second kappa shape index (κ2) is 5.62. The Morgan fingerprint density at radius 1 is 1.69 bits per heavy atom. The maximum absolute atomic E-state index is 5.81. The van der Waals surface area contributed by atoms with Crippen LogP contribution in [0.3, 0.4) is 0 Å². The van der Waals surface area contributed by atoms with E-state index in [0.717, 1.165) is 22.9 Å². The molecule has 0 saturated heterocycles. The molecular formula is C9H16N2S2. The number of nitrogens with two attached hydrogens (primary N) is 1. The molecule has 1 aromatic heterocycles. The molecule has 0 aliphatic rings. The SMILES string of the molecule is CCC(N)CSCc1cnc(C)s1. The molecule has 0 spiro atoms. The van der Waals surface area contributed by atoms with E-state index < -0.39 is 0 Å². The van der Waals surface area contributed by atoms with Crippen molar-refractivity contribution in [1.29, 1.82) is 0 Å². The van der Waals surface area contributed by atoms with Gasteiger partial charge < -0.3 is 5.73 Å². The van der Waals surface area contributed by atoms with Gasteiger partial charge in [0.05, 0.1) is 5.01 Å². The van der Waals surface area contributed by atoms with Gasteiger partial charge in [0.1, 0.15) is 0 Å². The highest BCUT2D eigenvalue weighted by Crippen LogP contribution is 2.18. The monoisotopic (exact) mass is 216 g/mol. The predicted octanol–water partition coefficient (Wildman–Crippen LogP) is 2.42. The number of rotatable bonds is 5. The molecule has 0 aliphatic heterocycles. The Labute approximate surface area is 87.9 Å². The highest BCUT2D eigenvalue weighted by molar-refractivity contribution is 7.98. The molecule has 0 aromatic carbocycles. The summed E-state index contributed by atoms with van der Waals surface area (Å²) in [7, 11) is 0. The maximum Gasteiger partial charge on any atom is 0.0897 e. The third-order valence-corrected chi connectivity index (χ3v) is 4.04. The Hall–Kier alpha value is -0.0600. The lowest BCUT2D eigenvalue weighted by molar-refractivity contribution is 0.725. The Kier molecular flexibility index (Phi) is 4.77. The van der Waals surface area contributed by atoms with Gasteiger partial charge in [-0.3, -0.25) is 0 Å². The van der Waals surface area contributed by atoms with Gasteiger partial charge in [-0.2, -0.15) is 11.8 Å². The van der Waals surface area contributed by atoms with Crippen LogP contribution in [0.5, 0.6) is 0 Å². The van der Waals surface area contributed by atoms with E-state index in [1.54, 1.807) is 11.3 Å². The zero-order chi connectivity index (χ0) is 9.68. The average molecular weight is 216 g/mol. The molecule has 1 aromatic rings. The van der Waals surface area contributed by atoms with Crippen LogP contribution in [-0.2, 0) is 5.75 Å². The molecule has 0 aliphatic carbocycles. The van der Waals surface area contributed by atoms with Gasteiger partial charge in [-0.25, -0.2) is 4.98 Å². The molecule has 1 unspecified atom stereocenters. The quantitative estimate of drug-likeness (QED) is 0.821. The van der Waals surface area contributed by atoms with E-state index >= 15 is 0 Å². The molecule has 13 heavy (non-hydrogen) atoms. The summed E-state index contributed by atoms with van der Waals surface area (Å²) in [4.78, 5) is 5.56. The molecule has 1 atom stereocenters. The van der Waals surface area contributed by atoms with E-state index in [1.807, 2.05) is 24.9 Å². The van der Waals surface area contributed by atoms with Gasteiger partial charge in [-0.15, -0.1) is 11.3 Å². The molecule has 74 valence electrons. The van der Waals surface area contributed by atoms with Crippen LogP contribution < -0.4 is 5.73 Å². The van der Waals surface area contributed by atoms with Gasteiger partial charge in [0.15, 0.2) is 0 Å². The fraction of sp³-hybridized carbons (Fsp3) is 0.667. The minimum Gasteiger partial charge on any atom is -0.327 e. The highest BCUT2D eigenvalue weighted by Gasteiger charge is 2.01. The topological polar surface area (TPSA) is 38.9 Å². The first-order valence-corrected chi connectivity index (χ1v) is 6.44. The Morgan fingerprint density at radius 2 is 2.46 bits per heavy atom. The van der Waals surface area contributed by atoms with E-state index in [4.69, 9.17) is 5.73 Å². The number of aryl methyl sites for hydroxylation is 1. The smallest absolute Gasteiger partial charge is 0.0897 e. The number of aromatic nitrogens is 1. The molecule has 2 N–H and O–H groups in total. The summed E-state index contributed by atoms with van der Waals surface area (Å²) in [6.45, 7) is 4.17. The molecule has 0 amide bonds. The second-order valence-electron chi connectivity index (χ2n) is 3.03. The zero-order valence-corrected chi connectivity index (χ0v) is 9.75. The average Bonchev–Trinajstić information content (AvgIpc) is 2.51. The van der Waals surface area contributed by atoms with Gasteiger partial charge in [-0.05, 0) is 13.3 Å². The normalized spacial score (nSPS) is 13.2. The van der Waals surface area contributed by atoms with E-state index in [9.17, 15) is 0 Å². The van der Waals surface area contributed by atoms with Crippen LogP contribution in [0.1, 0.15) is 23.2 Å². The third-order valence-electron chi connectivity index (χ3n) is 1.77. The summed E-state index contributed by atoms with van der Waals surface area (Å²) >= 11 is 3.67. The molecule has 0 radical (unpaired) electrons. The predicted molar refractivity (Wildman–Crippen MR) is 61.3 cm³/mol. The lowest BCUT2D eigenvalue weighted by atomic mass is 10.3. The summed E-state index contributed by atoms with van der Waals surface area (Å²) in [5.74, 6) is 2.10. The lowest BCUT2D eigenvalue weighted by Gasteiger charge is -2.06. The number of hydrogen-bond acceptors (Lipinski definition) is 4. The van der Waals surface area contributed by atoms with Crippen molar-refractivity contribution in [3.05, 3.63) is 16.1 Å². The van der Waals surface area contributed by atoms with Crippen molar-refractivity contribution in [2.75, 3.05) is 5.75 Å². The van der Waals surface area contributed by atoms with Crippen LogP contribution in [0.2, 0.25) is 0 Å². The van der Waals surface area contributed by atoms with Gasteiger partial charge >= 0.3 is 0 Å². The zero-order valence-electron chi connectivity index (χ0n) is 8.12. The first-order valence-electron chi connectivity index (χ1n) is 4.47. The van der Waals surface area contributed by atoms with Crippen molar-refractivity contribution in [1.82, 2.24) is 4.98 Å². The van der Waals surface area contributed by atoms with Crippen LogP contribution >= 0.6 is 23.1 Å². The molecule has 1 rings (SSSR count). The third kappa shape index (κ3) is 4.11. The van der Waals surface area contributed by atoms with E-state index in [1.165, 1.54) is 4.88 Å². The fourth-order valence-corrected chi connectivity index (χ4v) is 2.91. The second-order valence-corrected chi connectivity index (χ2v) is 5.38. The summed E-state index contributed by atoms with van der Waals surface area (Å²) < 4.78 is 0. The minimum atomic E-state index is 0.346. The molecule has 0 saturated carbocycles. The van der Waals surface area contributed by atoms with Crippen molar-refractivity contribution < 1.29 is 0 Å². The lowest BCUT2D eigenvalue weighted by Crippen LogP contribution is -2.21. The Balaban J connectivity index is 2.20. The Morgan fingerprint density at radius 3 is 3.00 bits per heavy atom. The number of thioether (sulfide) groups is 1. The maximum atomic E-state index is 5.81. The standard InChI is InChI=1S/C9H16N2S2/c1-3-8(10)5-12-6-9-4-11-7(2)13-9/h4,8H,3,5-6,10H2,1-2H3. The number of thiazole rings is 1. The number of nitrogens with zero attached hydrogens (tertiary/aromatic N) is 1. The summed E-state index contributed by atoms with van der Waals surface area (Å²) in [6.07, 6.45) is 3.03. The van der Waals surface area contributed by atoms with Crippen molar-refractivity contribution in [3.8, 4) is 0 Å². The van der Waals surface area contributed by atoms with Crippen LogP contribution in [0.15, 0.2) is 6.20 Å². The van der Waals surface area contributed by atoms with Crippen molar-refractivity contribution in [3.63, 3.8) is 0 Å². The number of hydrogen-bond donors (Lipinski definition) is 1.